The maximum atomic E-state index is 3.81. The summed E-state index contributed by atoms with van der Waals surface area (Å²) in [4.78, 5) is 0. The highest BCUT2D eigenvalue weighted by molar-refractivity contribution is 5.23. The summed E-state index contributed by atoms with van der Waals surface area (Å²) in [5.74, 6) is 0.502. The van der Waals surface area contributed by atoms with E-state index in [0.29, 0.717) is 12.0 Å². The van der Waals surface area contributed by atoms with Crippen molar-refractivity contribution in [2.24, 2.45) is 5.92 Å². The van der Waals surface area contributed by atoms with Crippen LogP contribution in [0, 0.1) is 5.92 Å². The molecule has 0 aliphatic carbocycles. The van der Waals surface area contributed by atoms with Gasteiger partial charge in [-0.15, -0.1) is 0 Å². The zero-order chi connectivity index (χ0) is 18.9. The first-order chi connectivity index (χ1) is 13.2. The van der Waals surface area contributed by atoms with Crippen LogP contribution >= 0.6 is 0 Å². The molecule has 27 heavy (non-hydrogen) atoms. The number of hydrogen-bond acceptors (Lipinski definition) is 2. The van der Waals surface area contributed by atoms with E-state index in [2.05, 4.69) is 115 Å². The molecule has 0 bridgehead atoms. The second-order valence-electron chi connectivity index (χ2n) is 7.39. The SMILES string of the molecule is CC(C)[C@H](NCc1ccccc1)[C@H](NCc1ccccc1)c1ccccc1. The van der Waals surface area contributed by atoms with Crippen molar-refractivity contribution in [2.75, 3.05) is 0 Å². The predicted molar refractivity (Wildman–Crippen MR) is 114 cm³/mol. The molecule has 2 atom stereocenters. The minimum absolute atomic E-state index is 0.245. The van der Waals surface area contributed by atoms with Crippen molar-refractivity contribution in [3.63, 3.8) is 0 Å². The average Bonchev–Trinajstić information content (AvgIpc) is 2.72. The Morgan fingerprint density at radius 2 is 1.04 bits per heavy atom. The van der Waals surface area contributed by atoms with Gasteiger partial charge < -0.3 is 10.6 Å². The average molecular weight is 359 g/mol. The maximum absolute atomic E-state index is 3.81. The molecule has 0 saturated heterocycles. The molecule has 2 N–H and O–H groups in total. The predicted octanol–water partition coefficient (Wildman–Crippen LogP) is 5.33. The van der Waals surface area contributed by atoms with E-state index in [1.165, 1.54) is 16.7 Å². The van der Waals surface area contributed by atoms with Gasteiger partial charge in [0.05, 0.1) is 0 Å². The van der Waals surface area contributed by atoms with Crippen molar-refractivity contribution in [1.82, 2.24) is 10.6 Å². The van der Waals surface area contributed by atoms with E-state index in [9.17, 15) is 0 Å². The summed E-state index contributed by atoms with van der Waals surface area (Å²) in [6.45, 7) is 6.32. The fourth-order valence-electron chi connectivity index (χ4n) is 3.51. The van der Waals surface area contributed by atoms with Crippen molar-refractivity contribution in [3.8, 4) is 0 Å². The highest BCUT2D eigenvalue weighted by atomic mass is 15.0. The summed E-state index contributed by atoms with van der Waals surface area (Å²) in [6, 6.07) is 32.6. The molecule has 0 aromatic heterocycles. The fourth-order valence-corrected chi connectivity index (χ4v) is 3.51. The van der Waals surface area contributed by atoms with E-state index >= 15 is 0 Å². The van der Waals surface area contributed by atoms with Crippen LogP contribution in [0.4, 0.5) is 0 Å². The lowest BCUT2D eigenvalue weighted by atomic mass is 9.90. The zero-order valence-electron chi connectivity index (χ0n) is 16.3. The highest BCUT2D eigenvalue weighted by Gasteiger charge is 2.25. The summed E-state index contributed by atoms with van der Waals surface area (Å²) in [6.07, 6.45) is 0. The van der Waals surface area contributed by atoms with Crippen molar-refractivity contribution in [2.45, 2.75) is 39.0 Å². The lowest BCUT2D eigenvalue weighted by Gasteiger charge is -2.33. The van der Waals surface area contributed by atoms with Gasteiger partial charge in [-0.1, -0.05) is 105 Å². The molecule has 0 amide bonds. The molecule has 0 saturated carbocycles. The van der Waals surface area contributed by atoms with Gasteiger partial charge in [0, 0.05) is 25.2 Å². The molecule has 140 valence electrons. The number of benzene rings is 3. The smallest absolute Gasteiger partial charge is 0.0481 e. The molecule has 3 aromatic rings. The number of nitrogens with one attached hydrogen (secondary N) is 2. The quantitative estimate of drug-likeness (QED) is 0.540. The maximum Gasteiger partial charge on any atom is 0.0481 e. The molecule has 0 aliphatic heterocycles. The van der Waals surface area contributed by atoms with Crippen molar-refractivity contribution in [3.05, 3.63) is 108 Å². The lowest BCUT2D eigenvalue weighted by Crippen LogP contribution is -2.44. The third-order valence-corrected chi connectivity index (χ3v) is 4.99. The summed E-state index contributed by atoms with van der Waals surface area (Å²) in [5, 5.41) is 7.62. The lowest BCUT2D eigenvalue weighted by molar-refractivity contribution is 0.301. The molecule has 0 radical (unpaired) electrons. The molecule has 0 aliphatic rings. The van der Waals surface area contributed by atoms with Gasteiger partial charge in [-0.25, -0.2) is 0 Å². The van der Waals surface area contributed by atoms with E-state index in [-0.39, 0.29) is 6.04 Å². The summed E-state index contributed by atoms with van der Waals surface area (Å²) in [7, 11) is 0. The molecule has 0 fully saturated rings. The molecule has 0 heterocycles. The fraction of sp³-hybridized carbons (Fsp3) is 0.280. The Kier molecular flexibility index (Phi) is 7.20. The van der Waals surface area contributed by atoms with E-state index in [1.807, 2.05) is 0 Å². The van der Waals surface area contributed by atoms with Crippen molar-refractivity contribution >= 4 is 0 Å². The Labute approximate surface area is 163 Å². The van der Waals surface area contributed by atoms with Gasteiger partial charge in [0.1, 0.15) is 0 Å². The van der Waals surface area contributed by atoms with Crippen LogP contribution in [0.15, 0.2) is 91.0 Å². The first-order valence-electron chi connectivity index (χ1n) is 9.83. The van der Waals surface area contributed by atoms with Crippen LogP contribution in [0.2, 0.25) is 0 Å². The van der Waals surface area contributed by atoms with Crippen LogP contribution in [0.1, 0.15) is 36.6 Å². The Hall–Kier alpha value is -2.42. The number of hydrogen-bond donors (Lipinski definition) is 2. The van der Waals surface area contributed by atoms with E-state index in [1.54, 1.807) is 0 Å². The van der Waals surface area contributed by atoms with Gasteiger partial charge in [0.15, 0.2) is 0 Å². The van der Waals surface area contributed by atoms with Crippen LogP contribution in [0.5, 0.6) is 0 Å². The molecule has 0 unspecified atom stereocenters. The van der Waals surface area contributed by atoms with Crippen LogP contribution < -0.4 is 10.6 Å². The van der Waals surface area contributed by atoms with Crippen LogP contribution in [0.3, 0.4) is 0 Å². The molecule has 0 spiro atoms. The largest absolute Gasteiger partial charge is 0.308 e. The summed E-state index contributed by atoms with van der Waals surface area (Å²) >= 11 is 0. The van der Waals surface area contributed by atoms with Crippen LogP contribution in [0.25, 0.3) is 0 Å². The first kappa shape index (κ1) is 19.3. The summed E-state index contributed by atoms with van der Waals surface area (Å²) in [5.41, 5.74) is 3.95. The zero-order valence-corrected chi connectivity index (χ0v) is 16.3. The van der Waals surface area contributed by atoms with Gasteiger partial charge in [-0.2, -0.15) is 0 Å². The Bertz CT molecular complexity index is 769. The topological polar surface area (TPSA) is 24.1 Å². The Balaban J connectivity index is 1.77. The molecule has 2 heteroatoms. The van der Waals surface area contributed by atoms with Crippen molar-refractivity contribution in [1.29, 1.82) is 0 Å². The standard InChI is InChI=1S/C25H30N2/c1-20(2)24(26-18-21-12-6-3-7-13-21)25(23-16-10-5-11-17-23)27-19-22-14-8-4-9-15-22/h3-17,20,24-27H,18-19H2,1-2H3/t24-,25+/m0/s1. The second kappa shape index (κ2) is 10.1. The van der Waals surface area contributed by atoms with Crippen molar-refractivity contribution < 1.29 is 0 Å². The van der Waals surface area contributed by atoms with Crippen LogP contribution in [-0.2, 0) is 13.1 Å². The normalized spacial score (nSPS) is 13.4. The molecular formula is C25H30N2. The molecular weight excluding hydrogens is 328 g/mol. The Morgan fingerprint density at radius 1 is 0.593 bits per heavy atom. The van der Waals surface area contributed by atoms with Gasteiger partial charge in [-0.05, 0) is 22.6 Å². The van der Waals surface area contributed by atoms with Gasteiger partial charge in [0.25, 0.3) is 0 Å². The third kappa shape index (κ3) is 5.78. The second-order valence-corrected chi connectivity index (χ2v) is 7.39. The van der Waals surface area contributed by atoms with E-state index < -0.39 is 0 Å². The molecule has 3 aromatic carbocycles. The van der Waals surface area contributed by atoms with E-state index in [0.717, 1.165) is 13.1 Å². The van der Waals surface area contributed by atoms with Gasteiger partial charge >= 0.3 is 0 Å². The van der Waals surface area contributed by atoms with E-state index in [4.69, 9.17) is 0 Å². The minimum Gasteiger partial charge on any atom is -0.308 e. The highest BCUT2D eigenvalue weighted by Crippen LogP contribution is 2.23. The third-order valence-electron chi connectivity index (χ3n) is 4.99. The monoisotopic (exact) mass is 358 g/mol. The van der Waals surface area contributed by atoms with Crippen LogP contribution in [-0.4, -0.2) is 6.04 Å². The molecule has 2 nitrogen and oxygen atoms in total. The first-order valence-corrected chi connectivity index (χ1v) is 9.83. The Morgan fingerprint density at radius 3 is 1.52 bits per heavy atom. The van der Waals surface area contributed by atoms with Gasteiger partial charge in [-0.3, -0.25) is 0 Å². The molecule has 3 rings (SSSR count). The van der Waals surface area contributed by atoms with Gasteiger partial charge in [0.2, 0.25) is 0 Å². The minimum atomic E-state index is 0.245. The summed E-state index contributed by atoms with van der Waals surface area (Å²) < 4.78 is 0. The number of rotatable bonds is 9.